The highest BCUT2D eigenvalue weighted by atomic mass is 31.2. The van der Waals surface area contributed by atoms with E-state index in [4.69, 9.17) is 19.3 Å². The van der Waals surface area contributed by atoms with Crippen LogP contribution in [-0.4, -0.2) is 69.2 Å². The van der Waals surface area contributed by atoms with Crippen LogP contribution < -0.4 is 0 Å². The van der Waals surface area contributed by atoms with Crippen LogP contribution >= 0.6 is 7.82 Å². The first kappa shape index (κ1) is 45.4. The van der Waals surface area contributed by atoms with Gasteiger partial charge in [0.25, 0.3) is 0 Å². The molecule has 12 heteroatoms. The van der Waals surface area contributed by atoms with Gasteiger partial charge in [-0.3, -0.25) is 18.9 Å². The lowest BCUT2D eigenvalue weighted by atomic mass is 9.88. The molecule has 0 unspecified atom stereocenters. The standard InChI is InChI=1S/C37H67O11P/c1-3-5-7-8-9-10-11-12-13-14-20-24-37(42)48-31(29-47-49(43,44)45)28-46-36(41)23-19-16-15-18-22-32-33(35(40)27-34(32)39)26-25-30(38)21-17-6-4-2/h25-26,30-33,35,38,40H,3-24,27-29H2,1-2H3,(H2,43,44,45)/b26-25+/t30-,31+,32+,33+,35+/m0/s1. The second-order valence-electron chi connectivity index (χ2n) is 13.7. The van der Waals surface area contributed by atoms with Crippen molar-refractivity contribution in [2.24, 2.45) is 11.8 Å². The fraction of sp³-hybridized carbons (Fsp3) is 0.865. The predicted octanol–water partition coefficient (Wildman–Crippen LogP) is 7.66. The Morgan fingerprint density at radius 3 is 1.92 bits per heavy atom. The average Bonchev–Trinajstić information content (AvgIpc) is 3.32. The minimum atomic E-state index is -4.80. The van der Waals surface area contributed by atoms with E-state index in [0.717, 1.165) is 57.8 Å². The number of esters is 2. The molecule has 0 aromatic rings. The molecule has 0 amide bonds. The number of hydrogen-bond acceptors (Lipinski definition) is 9. The quantitative estimate of drug-likeness (QED) is 0.0240. The average molecular weight is 719 g/mol. The van der Waals surface area contributed by atoms with Crippen molar-refractivity contribution in [1.82, 2.24) is 0 Å². The van der Waals surface area contributed by atoms with E-state index < -0.39 is 44.7 Å². The van der Waals surface area contributed by atoms with Crippen LogP contribution in [0.25, 0.3) is 0 Å². The molecule has 11 nitrogen and oxygen atoms in total. The van der Waals surface area contributed by atoms with Gasteiger partial charge in [0.1, 0.15) is 12.4 Å². The topological polar surface area (TPSA) is 177 Å². The summed E-state index contributed by atoms with van der Waals surface area (Å²) in [7, 11) is -4.80. The number of carbonyl (C=O) groups is 3. The molecule has 1 saturated carbocycles. The number of Topliss-reactive ketones (excluding diaryl/α,β-unsaturated/α-hetero) is 1. The monoisotopic (exact) mass is 718 g/mol. The maximum Gasteiger partial charge on any atom is 0.469 e. The number of phosphoric ester groups is 1. The lowest BCUT2D eigenvalue weighted by molar-refractivity contribution is -0.161. The summed E-state index contributed by atoms with van der Waals surface area (Å²) < 4.78 is 26.3. The third-order valence-corrected chi connectivity index (χ3v) is 9.66. The third kappa shape index (κ3) is 24.2. The van der Waals surface area contributed by atoms with Crippen LogP contribution in [0.15, 0.2) is 12.2 Å². The molecule has 1 fully saturated rings. The Labute approximate surface area is 295 Å². The van der Waals surface area contributed by atoms with E-state index in [0.29, 0.717) is 25.7 Å². The van der Waals surface area contributed by atoms with Gasteiger partial charge in [-0.2, -0.15) is 0 Å². The van der Waals surface area contributed by atoms with Gasteiger partial charge in [-0.05, 0) is 25.7 Å². The summed E-state index contributed by atoms with van der Waals surface area (Å²) in [4.78, 5) is 55.3. The predicted molar refractivity (Wildman–Crippen MR) is 190 cm³/mol. The van der Waals surface area contributed by atoms with Crippen LogP contribution in [0, 0.1) is 11.8 Å². The highest BCUT2D eigenvalue weighted by Crippen LogP contribution is 2.36. The van der Waals surface area contributed by atoms with Crippen molar-refractivity contribution < 1.29 is 52.9 Å². The molecule has 0 saturated heterocycles. The Hall–Kier alpha value is -1.62. The van der Waals surface area contributed by atoms with Crippen LogP contribution in [0.2, 0.25) is 0 Å². The summed E-state index contributed by atoms with van der Waals surface area (Å²) >= 11 is 0. The molecule has 0 heterocycles. The molecule has 1 aliphatic rings. The Morgan fingerprint density at radius 1 is 0.796 bits per heavy atom. The van der Waals surface area contributed by atoms with Gasteiger partial charge in [-0.1, -0.05) is 129 Å². The van der Waals surface area contributed by atoms with E-state index in [2.05, 4.69) is 18.4 Å². The summed E-state index contributed by atoms with van der Waals surface area (Å²) in [6.07, 6.45) is 21.3. The van der Waals surface area contributed by atoms with Crippen LogP contribution in [0.1, 0.15) is 162 Å². The molecule has 1 rings (SSSR count). The maximum atomic E-state index is 12.5. The normalized spacial score (nSPS) is 19.4. The number of phosphoric acid groups is 1. The van der Waals surface area contributed by atoms with E-state index in [1.807, 2.05) is 0 Å². The van der Waals surface area contributed by atoms with Gasteiger partial charge in [0.2, 0.25) is 0 Å². The molecule has 0 aromatic carbocycles. The summed E-state index contributed by atoms with van der Waals surface area (Å²) in [5, 5.41) is 20.6. The molecular formula is C37H67O11P. The van der Waals surface area contributed by atoms with Crippen LogP contribution in [0.4, 0.5) is 0 Å². The van der Waals surface area contributed by atoms with Gasteiger partial charge in [0.15, 0.2) is 6.10 Å². The second kappa shape index (κ2) is 28.0. The highest BCUT2D eigenvalue weighted by Gasteiger charge is 2.39. The first-order valence-corrected chi connectivity index (χ1v) is 20.6. The Bertz CT molecular complexity index is 966. The van der Waals surface area contributed by atoms with Gasteiger partial charge < -0.3 is 29.5 Å². The van der Waals surface area contributed by atoms with E-state index in [1.165, 1.54) is 44.9 Å². The third-order valence-electron chi connectivity index (χ3n) is 9.18. The Morgan fingerprint density at radius 2 is 1.33 bits per heavy atom. The molecular weight excluding hydrogens is 651 g/mol. The maximum absolute atomic E-state index is 12.5. The number of aliphatic hydroxyl groups excluding tert-OH is 2. The van der Waals surface area contributed by atoms with Crippen molar-refractivity contribution in [3.05, 3.63) is 12.2 Å². The zero-order valence-electron chi connectivity index (χ0n) is 30.3. The molecule has 0 radical (unpaired) electrons. The Kier molecular flexibility index (Phi) is 26.0. The van der Waals surface area contributed by atoms with E-state index in [-0.39, 0.29) is 43.5 Å². The number of rotatable bonds is 31. The van der Waals surface area contributed by atoms with Gasteiger partial charge in [0.05, 0.1) is 18.8 Å². The zero-order valence-corrected chi connectivity index (χ0v) is 31.2. The van der Waals surface area contributed by atoms with Crippen molar-refractivity contribution in [3.63, 3.8) is 0 Å². The Balaban J connectivity index is 2.31. The minimum Gasteiger partial charge on any atom is -0.462 e. The second-order valence-corrected chi connectivity index (χ2v) is 14.9. The van der Waals surface area contributed by atoms with Crippen molar-refractivity contribution in [3.8, 4) is 0 Å². The minimum absolute atomic E-state index is 0.0444. The molecule has 0 bridgehead atoms. The number of carbonyl (C=O) groups excluding carboxylic acids is 3. The number of unbranched alkanes of at least 4 members (excludes halogenated alkanes) is 15. The summed E-state index contributed by atoms with van der Waals surface area (Å²) in [6, 6.07) is 0. The van der Waals surface area contributed by atoms with E-state index in [9.17, 15) is 29.2 Å². The molecule has 5 atom stereocenters. The lowest BCUT2D eigenvalue weighted by Gasteiger charge is -2.18. The summed E-state index contributed by atoms with van der Waals surface area (Å²) in [5.41, 5.74) is 0. The fourth-order valence-corrected chi connectivity index (χ4v) is 6.63. The number of ketones is 1. The van der Waals surface area contributed by atoms with E-state index >= 15 is 0 Å². The molecule has 4 N–H and O–H groups in total. The molecule has 0 aliphatic heterocycles. The van der Waals surface area contributed by atoms with Gasteiger partial charge in [-0.25, -0.2) is 4.57 Å². The van der Waals surface area contributed by atoms with Crippen LogP contribution in [-0.2, 0) is 32.9 Å². The van der Waals surface area contributed by atoms with Gasteiger partial charge in [0, 0.05) is 31.1 Å². The van der Waals surface area contributed by atoms with Crippen LogP contribution in [0.5, 0.6) is 0 Å². The molecule has 49 heavy (non-hydrogen) atoms. The van der Waals surface area contributed by atoms with E-state index in [1.54, 1.807) is 12.2 Å². The number of hydrogen-bond donors (Lipinski definition) is 4. The van der Waals surface area contributed by atoms with Crippen molar-refractivity contribution >= 4 is 25.5 Å². The molecule has 0 aromatic heterocycles. The first-order valence-electron chi connectivity index (χ1n) is 19.1. The summed E-state index contributed by atoms with van der Waals surface area (Å²) in [6.45, 7) is 3.36. The lowest BCUT2D eigenvalue weighted by Crippen LogP contribution is -2.29. The van der Waals surface area contributed by atoms with Gasteiger partial charge >= 0.3 is 19.8 Å². The SMILES string of the molecule is CCCCCCCCCCCCCC(=O)O[C@H](COC(=O)CCCCCC[C@H]1C(=O)C[C@@H](O)[C@@H]1/C=C/[C@@H](O)CCCCC)COP(=O)(O)O. The van der Waals surface area contributed by atoms with Crippen molar-refractivity contribution in [2.45, 2.75) is 180 Å². The smallest absolute Gasteiger partial charge is 0.462 e. The molecule has 1 aliphatic carbocycles. The zero-order chi connectivity index (χ0) is 36.3. The van der Waals surface area contributed by atoms with Crippen LogP contribution in [0.3, 0.4) is 0 Å². The first-order chi connectivity index (χ1) is 23.5. The summed E-state index contributed by atoms with van der Waals surface area (Å²) in [5.74, 6) is -1.56. The van der Waals surface area contributed by atoms with Crippen molar-refractivity contribution in [2.75, 3.05) is 13.2 Å². The molecule has 0 spiro atoms. The van der Waals surface area contributed by atoms with Gasteiger partial charge in [-0.15, -0.1) is 0 Å². The number of aliphatic hydroxyl groups is 2. The highest BCUT2D eigenvalue weighted by molar-refractivity contribution is 7.46. The largest absolute Gasteiger partial charge is 0.469 e. The molecule has 286 valence electrons. The fourth-order valence-electron chi connectivity index (χ4n) is 6.27. The number of ether oxygens (including phenoxy) is 2. The van der Waals surface area contributed by atoms with Crippen molar-refractivity contribution in [1.29, 1.82) is 0 Å².